The highest BCUT2D eigenvalue weighted by Crippen LogP contribution is 2.31. The first-order valence-corrected chi connectivity index (χ1v) is 10.3. The molecule has 168 valence electrons. The Kier molecular flexibility index (Phi) is 6.89. The summed E-state index contributed by atoms with van der Waals surface area (Å²) in [5.41, 5.74) is 0.645. The highest BCUT2D eigenvalue weighted by atomic mass is 32.2. The number of terminal acetylenes is 1. The number of halogens is 2. The molecule has 2 aromatic heterocycles. The Morgan fingerprint density at radius 1 is 1.31 bits per heavy atom. The number of rotatable bonds is 7. The zero-order valence-corrected chi connectivity index (χ0v) is 18.1. The lowest BCUT2D eigenvalue weighted by atomic mass is 10.3. The Morgan fingerprint density at radius 3 is 2.69 bits per heavy atom. The second kappa shape index (κ2) is 9.61. The summed E-state index contributed by atoms with van der Waals surface area (Å²) in [4.78, 5) is 22.2. The molecule has 1 amide bonds. The number of hydrogen-bond donors (Lipinski definition) is 0. The quantitative estimate of drug-likeness (QED) is 0.392. The van der Waals surface area contributed by atoms with Gasteiger partial charge in [0.25, 0.3) is 0 Å². The number of pyridine rings is 1. The molecule has 0 aliphatic rings. The van der Waals surface area contributed by atoms with Crippen LogP contribution < -0.4 is 14.2 Å². The number of fused-ring (bicyclic) bond motifs is 1. The van der Waals surface area contributed by atoms with Crippen LogP contribution in [-0.2, 0) is 16.6 Å². The van der Waals surface area contributed by atoms with E-state index >= 15 is 0 Å². The molecule has 1 aromatic carbocycles. The summed E-state index contributed by atoms with van der Waals surface area (Å²) in [6, 6.07) is 6.86. The van der Waals surface area contributed by atoms with Gasteiger partial charge in [0, 0.05) is 31.4 Å². The van der Waals surface area contributed by atoms with E-state index in [1.165, 1.54) is 45.7 Å². The first-order valence-electron chi connectivity index (χ1n) is 8.96. The van der Waals surface area contributed by atoms with Gasteiger partial charge >= 0.3 is 12.6 Å². The van der Waals surface area contributed by atoms with Crippen LogP contribution in [0.1, 0.15) is 5.69 Å². The highest BCUT2D eigenvalue weighted by molar-refractivity contribution is 7.84. The Morgan fingerprint density at radius 2 is 2.06 bits per heavy atom. The van der Waals surface area contributed by atoms with Crippen molar-refractivity contribution in [1.82, 2.24) is 19.4 Å². The first kappa shape index (κ1) is 23.0. The summed E-state index contributed by atoms with van der Waals surface area (Å²) in [7, 11) is 2.30. The van der Waals surface area contributed by atoms with Crippen LogP contribution in [0.2, 0.25) is 0 Å². The molecule has 0 spiro atoms. The maximum absolute atomic E-state index is 13.3. The number of carbonyl (C=O) groups is 1. The summed E-state index contributed by atoms with van der Waals surface area (Å²) in [5.74, 6) is 0.339. The molecular formula is C20H18F2N4O5S. The van der Waals surface area contributed by atoms with Gasteiger partial charge in [0.1, 0.15) is 5.75 Å². The number of imidazole rings is 1. The van der Waals surface area contributed by atoms with Crippen molar-refractivity contribution in [2.45, 2.75) is 17.5 Å². The Hall–Kier alpha value is -3.72. The third kappa shape index (κ3) is 4.47. The van der Waals surface area contributed by atoms with Gasteiger partial charge in [0.05, 0.1) is 47.5 Å². The lowest BCUT2D eigenvalue weighted by Gasteiger charge is -2.14. The van der Waals surface area contributed by atoms with Gasteiger partial charge in [-0.15, -0.1) is 0 Å². The smallest absolute Gasteiger partial charge is 0.387 e. The van der Waals surface area contributed by atoms with E-state index in [4.69, 9.17) is 15.9 Å². The van der Waals surface area contributed by atoms with E-state index in [1.54, 1.807) is 6.07 Å². The number of methoxy groups -OCH3 is 2. The molecule has 0 aliphatic heterocycles. The van der Waals surface area contributed by atoms with Crippen LogP contribution in [0, 0.1) is 12.5 Å². The van der Waals surface area contributed by atoms with Crippen LogP contribution in [0.4, 0.5) is 13.6 Å². The normalized spacial score (nSPS) is 11.8. The highest BCUT2D eigenvalue weighted by Gasteiger charge is 2.25. The predicted octanol–water partition coefficient (Wildman–Crippen LogP) is 2.85. The summed E-state index contributed by atoms with van der Waals surface area (Å²) < 4.78 is 54.4. The van der Waals surface area contributed by atoms with E-state index < -0.39 is 23.4 Å². The van der Waals surface area contributed by atoms with E-state index in [0.29, 0.717) is 11.4 Å². The Bertz CT molecular complexity index is 1220. The molecule has 1 atom stereocenters. The van der Waals surface area contributed by atoms with Crippen molar-refractivity contribution < 1.29 is 32.0 Å². The minimum Gasteiger partial charge on any atom is -0.493 e. The molecule has 0 aliphatic carbocycles. The SMILES string of the molecule is C#CN(C)C(=O)n1c(S(=O)Cc2nccc(OC)c2OC)nc2cc(OC(F)F)ccc21. The molecular weight excluding hydrogens is 446 g/mol. The Labute approximate surface area is 184 Å². The van der Waals surface area contributed by atoms with E-state index in [2.05, 4.69) is 20.7 Å². The zero-order valence-electron chi connectivity index (χ0n) is 17.2. The molecule has 0 saturated carbocycles. The maximum atomic E-state index is 13.3. The molecule has 0 radical (unpaired) electrons. The van der Waals surface area contributed by atoms with Crippen molar-refractivity contribution in [1.29, 1.82) is 0 Å². The van der Waals surface area contributed by atoms with Crippen LogP contribution in [0.3, 0.4) is 0 Å². The summed E-state index contributed by atoms with van der Waals surface area (Å²) >= 11 is 0. The van der Waals surface area contributed by atoms with Gasteiger partial charge in [0.2, 0.25) is 5.16 Å². The van der Waals surface area contributed by atoms with Crippen LogP contribution >= 0.6 is 0 Å². The predicted molar refractivity (Wildman–Crippen MR) is 111 cm³/mol. The van der Waals surface area contributed by atoms with Gasteiger partial charge in [-0.3, -0.25) is 14.1 Å². The fourth-order valence-corrected chi connectivity index (χ4v) is 4.06. The summed E-state index contributed by atoms with van der Waals surface area (Å²) in [5, 5.41) is -0.145. The standard InChI is InChI=1S/C20H18F2N4O5S/c1-5-25(2)20(27)26-15-7-6-12(31-18(21)22)10-13(15)24-19(26)32(28)11-14-17(30-4)16(29-3)8-9-23-14/h1,6-10,18H,11H2,2-4H3. The van der Waals surface area contributed by atoms with Gasteiger partial charge in [-0.1, -0.05) is 6.42 Å². The monoisotopic (exact) mass is 464 g/mol. The number of alkyl halides is 2. The molecule has 0 bridgehead atoms. The number of amides is 1. The Balaban J connectivity index is 2.11. The fraction of sp³-hybridized carbons (Fsp3) is 0.250. The minimum atomic E-state index is -3.04. The molecule has 0 saturated heterocycles. The van der Waals surface area contributed by atoms with E-state index in [0.717, 1.165) is 9.47 Å². The largest absolute Gasteiger partial charge is 0.493 e. The van der Waals surface area contributed by atoms with E-state index in [-0.39, 0.29) is 33.4 Å². The molecule has 3 aromatic rings. The molecule has 2 heterocycles. The molecule has 0 N–H and O–H groups in total. The summed E-state index contributed by atoms with van der Waals surface area (Å²) in [6.07, 6.45) is 6.78. The van der Waals surface area contributed by atoms with Gasteiger partial charge in [-0.2, -0.15) is 8.78 Å². The molecule has 12 heteroatoms. The lowest BCUT2D eigenvalue weighted by Crippen LogP contribution is -2.28. The zero-order chi connectivity index (χ0) is 23.4. The number of hydrogen-bond acceptors (Lipinski definition) is 7. The van der Waals surface area contributed by atoms with Crippen molar-refractivity contribution in [3.63, 3.8) is 0 Å². The molecule has 3 rings (SSSR count). The van der Waals surface area contributed by atoms with Crippen molar-refractivity contribution in [2.75, 3.05) is 21.3 Å². The third-order valence-corrected chi connectivity index (χ3v) is 5.55. The van der Waals surface area contributed by atoms with Crippen molar-refractivity contribution in [3.8, 4) is 29.7 Å². The lowest BCUT2D eigenvalue weighted by molar-refractivity contribution is -0.0497. The van der Waals surface area contributed by atoms with Crippen molar-refractivity contribution >= 4 is 27.9 Å². The van der Waals surface area contributed by atoms with E-state index in [9.17, 15) is 17.8 Å². The third-order valence-electron chi connectivity index (χ3n) is 4.33. The number of nitrogens with zero attached hydrogens (tertiary/aromatic N) is 4. The van der Waals surface area contributed by atoms with Crippen LogP contribution in [-0.4, -0.2) is 57.6 Å². The van der Waals surface area contributed by atoms with Gasteiger partial charge in [-0.05, 0) is 12.1 Å². The average Bonchev–Trinajstić information content (AvgIpc) is 3.16. The first-order chi connectivity index (χ1) is 15.3. The number of carbonyl (C=O) groups excluding carboxylic acids is 1. The molecule has 9 nitrogen and oxygen atoms in total. The molecule has 0 fully saturated rings. The van der Waals surface area contributed by atoms with Gasteiger partial charge in [0.15, 0.2) is 11.5 Å². The second-order valence-electron chi connectivity index (χ2n) is 6.21. The number of aromatic nitrogens is 3. The minimum absolute atomic E-state index is 0.121. The van der Waals surface area contributed by atoms with Crippen LogP contribution in [0.5, 0.6) is 17.2 Å². The number of ether oxygens (including phenoxy) is 3. The van der Waals surface area contributed by atoms with E-state index in [1.807, 2.05) is 0 Å². The number of benzene rings is 1. The average molecular weight is 464 g/mol. The van der Waals surface area contributed by atoms with Gasteiger partial charge in [-0.25, -0.2) is 14.3 Å². The van der Waals surface area contributed by atoms with Crippen LogP contribution in [0.25, 0.3) is 11.0 Å². The van der Waals surface area contributed by atoms with Gasteiger partial charge < -0.3 is 14.2 Å². The summed E-state index contributed by atoms with van der Waals surface area (Å²) in [6.45, 7) is -3.04. The maximum Gasteiger partial charge on any atom is 0.387 e. The fourth-order valence-electron chi connectivity index (χ4n) is 2.90. The molecule has 32 heavy (non-hydrogen) atoms. The van der Waals surface area contributed by atoms with Crippen molar-refractivity contribution in [3.05, 3.63) is 36.2 Å². The van der Waals surface area contributed by atoms with Crippen LogP contribution in [0.15, 0.2) is 35.6 Å². The topological polar surface area (TPSA) is 95.8 Å². The second-order valence-corrected chi connectivity index (χ2v) is 7.56. The molecule has 1 unspecified atom stereocenters. The van der Waals surface area contributed by atoms with Crippen molar-refractivity contribution in [2.24, 2.45) is 0 Å².